The predicted octanol–water partition coefficient (Wildman–Crippen LogP) is 3.22. The van der Waals surface area contributed by atoms with E-state index in [9.17, 15) is 9.18 Å². The van der Waals surface area contributed by atoms with Gasteiger partial charge in [0.2, 0.25) is 5.91 Å². The Hall–Kier alpha value is -3.04. The van der Waals surface area contributed by atoms with Crippen LogP contribution in [0.15, 0.2) is 54.6 Å². The van der Waals surface area contributed by atoms with E-state index in [0.29, 0.717) is 16.8 Å². The molecule has 0 fully saturated rings. The van der Waals surface area contributed by atoms with E-state index in [2.05, 4.69) is 10.6 Å². The summed E-state index contributed by atoms with van der Waals surface area (Å²) < 4.78 is 12.8. The maximum Gasteiger partial charge on any atom is 0.250 e. The summed E-state index contributed by atoms with van der Waals surface area (Å²) in [5.41, 5.74) is 1.90. The van der Waals surface area contributed by atoms with Crippen LogP contribution < -0.4 is 10.6 Å². The number of amides is 1. The second-order valence-corrected chi connectivity index (χ2v) is 4.93. The minimum atomic E-state index is -0.402. The van der Waals surface area contributed by atoms with E-state index in [-0.39, 0.29) is 10.9 Å². The normalized spacial score (nSPS) is 10.1. The standard InChI is InChI=1S/C17H12FN3OS/c18-14-6-1-12(2-7-14)5-10-16(22)21-17(23)20-15-8-3-13(11-19)4-9-15/h1-10H,(H2,20,21,22,23). The van der Waals surface area contributed by atoms with E-state index in [4.69, 9.17) is 17.5 Å². The van der Waals surface area contributed by atoms with Crippen LogP contribution in [0.1, 0.15) is 11.1 Å². The molecular weight excluding hydrogens is 313 g/mol. The molecule has 2 aromatic rings. The van der Waals surface area contributed by atoms with E-state index in [1.54, 1.807) is 42.5 Å². The summed E-state index contributed by atoms with van der Waals surface area (Å²) in [6.07, 6.45) is 2.86. The summed E-state index contributed by atoms with van der Waals surface area (Å²) in [5, 5.41) is 14.2. The second kappa shape index (κ2) is 7.82. The Morgan fingerprint density at radius 2 is 1.78 bits per heavy atom. The fourth-order valence-electron chi connectivity index (χ4n) is 1.69. The van der Waals surface area contributed by atoms with Crippen molar-refractivity contribution in [3.05, 3.63) is 71.6 Å². The lowest BCUT2D eigenvalue weighted by Gasteiger charge is -2.07. The van der Waals surface area contributed by atoms with Gasteiger partial charge in [-0.1, -0.05) is 12.1 Å². The number of halogens is 1. The zero-order valence-electron chi connectivity index (χ0n) is 11.9. The number of anilines is 1. The number of rotatable bonds is 3. The quantitative estimate of drug-likeness (QED) is 0.672. The Bertz CT molecular complexity index is 777. The number of nitrogens with one attached hydrogen (secondary N) is 2. The van der Waals surface area contributed by atoms with Crippen molar-refractivity contribution in [2.75, 3.05) is 5.32 Å². The van der Waals surface area contributed by atoms with Crippen LogP contribution in [-0.4, -0.2) is 11.0 Å². The topological polar surface area (TPSA) is 64.9 Å². The molecule has 0 unspecified atom stereocenters. The maximum absolute atomic E-state index is 12.8. The van der Waals surface area contributed by atoms with Gasteiger partial charge < -0.3 is 5.32 Å². The van der Waals surface area contributed by atoms with Crippen molar-refractivity contribution in [3.63, 3.8) is 0 Å². The Labute approximate surface area is 138 Å². The van der Waals surface area contributed by atoms with Crippen molar-refractivity contribution in [3.8, 4) is 6.07 Å². The molecule has 0 heterocycles. The molecule has 6 heteroatoms. The molecule has 0 aliphatic heterocycles. The number of hydrogen-bond acceptors (Lipinski definition) is 3. The average molecular weight is 325 g/mol. The van der Waals surface area contributed by atoms with Gasteiger partial charge in [0.05, 0.1) is 11.6 Å². The van der Waals surface area contributed by atoms with E-state index < -0.39 is 5.91 Å². The molecule has 0 saturated carbocycles. The number of benzene rings is 2. The number of carbonyl (C=O) groups is 1. The third kappa shape index (κ3) is 5.34. The minimum absolute atomic E-state index is 0.142. The van der Waals surface area contributed by atoms with Crippen LogP contribution in [0.25, 0.3) is 6.08 Å². The fraction of sp³-hybridized carbons (Fsp3) is 0. The van der Waals surface area contributed by atoms with Crippen LogP contribution in [0, 0.1) is 17.1 Å². The van der Waals surface area contributed by atoms with Crippen molar-refractivity contribution < 1.29 is 9.18 Å². The van der Waals surface area contributed by atoms with Crippen LogP contribution >= 0.6 is 12.2 Å². The molecule has 1 amide bonds. The second-order valence-electron chi connectivity index (χ2n) is 4.52. The Kier molecular flexibility index (Phi) is 5.56. The lowest BCUT2D eigenvalue weighted by atomic mass is 10.2. The first-order valence-corrected chi connectivity index (χ1v) is 7.03. The first-order chi connectivity index (χ1) is 11.1. The molecule has 2 N–H and O–H groups in total. The molecule has 0 aromatic heterocycles. The van der Waals surface area contributed by atoms with E-state index in [0.717, 1.165) is 0 Å². The summed E-state index contributed by atoms with van der Waals surface area (Å²) in [6, 6.07) is 14.4. The van der Waals surface area contributed by atoms with Crippen molar-refractivity contribution in [1.82, 2.24) is 5.32 Å². The van der Waals surface area contributed by atoms with Gasteiger partial charge in [0, 0.05) is 11.8 Å². The van der Waals surface area contributed by atoms with E-state index in [1.165, 1.54) is 18.2 Å². The van der Waals surface area contributed by atoms with Gasteiger partial charge in [-0.2, -0.15) is 5.26 Å². The lowest BCUT2D eigenvalue weighted by Crippen LogP contribution is -2.32. The van der Waals surface area contributed by atoms with Crippen molar-refractivity contribution in [2.45, 2.75) is 0 Å². The zero-order valence-corrected chi connectivity index (χ0v) is 12.7. The van der Waals surface area contributed by atoms with Crippen LogP contribution in [0.4, 0.5) is 10.1 Å². The first kappa shape index (κ1) is 16.3. The number of carbonyl (C=O) groups excluding carboxylic acids is 1. The Morgan fingerprint density at radius 3 is 2.39 bits per heavy atom. The maximum atomic E-state index is 12.8. The molecule has 0 atom stereocenters. The molecule has 23 heavy (non-hydrogen) atoms. The number of thiocarbonyl (C=S) groups is 1. The summed E-state index contributed by atoms with van der Waals surface area (Å²) in [7, 11) is 0. The van der Waals surface area contributed by atoms with Crippen LogP contribution in [0.5, 0.6) is 0 Å². The molecule has 0 radical (unpaired) electrons. The molecule has 2 rings (SSSR count). The lowest BCUT2D eigenvalue weighted by molar-refractivity contribution is -0.115. The van der Waals surface area contributed by atoms with E-state index in [1.807, 2.05) is 6.07 Å². The minimum Gasteiger partial charge on any atom is -0.332 e. The number of hydrogen-bond donors (Lipinski definition) is 2. The average Bonchev–Trinajstić information content (AvgIpc) is 2.55. The molecule has 0 saturated heterocycles. The van der Waals surface area contributed by atoms with Crippen molar-refractivity contribution in [2.24, 2.45) is 0 Å². The summed E-state index contributed by atoms with van der Waals surface area (Å²) in [6.45, 7) is 0. The summed E-state index contributed by atoms with van der Waals surface area (Å²) >= 11 is 5.03. The molecule has 0 bridgehead atoms. The first-order valence-electron chi connectivity index (χ1n) is 6.62. The van der Waals surface area contributed by atoms with Crippen LogP contribution in [0.2, 0.25) is 0 Å². The molecule has 0 aliphatic carbocycles. The van der Waals surface area contributed by atoms with Gasteiger partial charge in [-0.05, 0) is 60.3 Å². The molecule has 0 aliphatic rings. The van der Waals surface area contributed by atoms with Gasteiger partial charge in [-0.3, -0.25) is 10.1 Å². The highest BCUT2D eigenvalue weighted by Gasteiger charge is 2.02. The Morgan fingerprint density at radius 1 is 1.13 bits per heavy atom. The van der Waals surface area contributed by atoms with Crippen molar-refractivity contribution >= 4 is 35.0 Å². The van der Waals surface area contributed by atoms with Gasteiger partial charge in [0.15, 0.2) is 5.11 Å². The highest BCUT2D eigenvalue weighted by molar-refractivity contribution is 7.80. The van der Waals surface area contributed by atoms with Gasteiger partial charge in [0.1, 0.15) is 5.82 Å². The molecular formula is C17H12FN3OS. The third-order valence-electron chi connectivity index (χ3n) is 2.81. The molecule has 114 valence electrons. The van der Waals surface area contributed by atoms with Crippen LogP contribution in [-0.2, 0) is 4.79 Å². The monoisotopic (exact) mass is 325 g/mol. The smallest absolute Gasteiger partial charge is 0.250 e. The SMILES string of the molecule is N#Cc1ccc(NC(=S)NC(=O)C=Cc2ccc(F)cc2)cc1. The molecule has 4 nitrogen and oxygen atoms in total. The van der Waals surface area contributed by atoms with Gasteiger partial charge in [0.25, 0.3) is 0 Å². The summed E-state index contributed by atoms with van der Waals surface area (Å²) in [5.74, 6) is -0.736. The highest BCUT2D eigenvalue weighted by Crippen LogP contribution is 2.08. The van der Waals surface area contributed by atoms with Gasteiger partial charge in [-0.25, -0.2) is 4.39 Å². The highest BCUT2D eigenvalue weighted by atomic mass is 32.1. The van der Waals surface area contributed by atoms with E-state index >= 15 is 0 Å². The van der Waals surface area contributed by atoms with Gasteiger partial charge in [-0.15, -0.1) is 0 Å². The largest absolute Gasteiger partial charge is 0.332 e. The molecule has 2 aromatic carbocycles. The zero-order chi connectivity index (χ0) is 16.7. The fourth-order valence-corrected chi connectivity index (χ4v) is 1.91. The summed E-state index contributed by atoms with van der Waals surface area (Å²) in [4.78, 5) is 11.7. The number of nitriles is 1. The van der Waals surface area contributed by atoms with Crippen molar-refractivity contribution in [1.29, 1.82) is 5.26 Å². The number of nitrogens with zero attached hydrogens (tertiary/aromatic N) is 1. The van der Waals surface area contributed by atoms with Gasteiger partial charge >= 0.3 is 0 Å². The third-order valence-corrected chi connectivity index (χ3v) is 3.01. The molecule has 0 spiro atoms. The van der Waals surface area contributed by atoms with Crippen LogP contribution in [0.3, 0.4) is 0 Å². The Balaban J connectivity index is 1.87. The predicted molar refractivity (Wildman–Crippen MR) is 91.0 cm³/mol.